The Morgan fingerprint density at radius 2 is 1.81 bits per heavy atom. The van der Waals surface area contributed by atoms with Gasteiger partial charge >= 0.3 is 6.18 Å². The van der Waals surface area contributed by atoms with Crippen molar-refractivity contribution >= 4 is 28.3 Å². The van der Waals surface area contributed by atoms with E-state index in [0.717, 1.165) is 43.9 Å². The van der Waals surface area contributed by atoms with Crippen molar-refractivity contribution < 1.29 is 26.4 Å². The molecule has 6 nitrogen and oxygen atoms in total. The number of piperidine rings is 1. The van der Waals surface area contributed by atoms with Crippen LogP contribution in [0.25, 0.3) is 0 Å². The molecule has 2 unspecified atom stereocenters. The van der Waals surface area contributed by atoms with Gasteiger partial charge in [-0.1, -0.05) is 6.07 Å². The van der Waals surface area contributed by atoms with Crippen LogP contribution in [-0.4, -0.2) is 39.0 Å². The van der Waals surface area contributed by atoms with E-state index in [1.165, 1.54) is 0 Å². The number of alkyl halides is 3. The van der Waals surface area contributed by atoms with Crippen LogP contribution in [0, 0.1) is 0 Å². The maximum absolute atomic E-state index is 12.7. The van der Waals surface area contributed by atoms with E-state index in [-0.39, 0.29) is 18.4 Å². The minimum atomic E-state index is -4.64. The van der Waals surface area contributed by atoms with Crippen LogP contribution >= 0.6 is 12.4 Å². The first-order valence-electron chi connectivity index (χ1n) is 8.36. The van der Waals surface area contributed by atoms with E-state index in [1.54, 1.807) is 0 Å². The molecule has 1 aromatic rings. The first-order chi connectivity index (χ1) is 12.1. The summed E-state index contributed by atoms with van der Waals surface area (Å²) in [6.07, 6.45) is -0.916. The van der Waals surface area contributed by atoms with Crippen LogP contribution in [0.5, 0.6) is 0 Å². The maximum Gasteiger partial charge on any atom is 0.416 e. The zero-order valence-electron chi connectivity index (χ0n) is 14.3. The van der Waals surface area contributed by atoms with Crippen molar-refractivity contribution in [1.82, 2.24) is 15.4 Å². The van der Waals surface area contributed by atoms with Crippen molar-refractivity contribution in [2.75, 3.05) is 6.54 Å². The third-order valence-corrected chi connectivity index (χ3v) is 6.13. The van der Waals surface area contributed by atoms with Gasteiger partial charge in [0.2, 0.25) is 15.9 Å². The number of rotatable bonds is 5. The first kappa shape index (κ1) is 21.9. The van der Waals surface area contributed by atoms with Gasteiger partial charge in [0, 0.05) is 18.1 Å². The Balaban J connectivity index is 0.00000261. The number of halogens is 4. The molecule has 3 rings (SSSR count). The van der Waals surface area contributed by atoms with Gasteiger partial charge in [0.1, 0.15) is 0 Å². The summed E-state index contributed by atoms with van der Waals surface area (Å²) in [6, 6.07) is 4.14. The van der Waals surface area contributed by atoms with Crippen LogP contribution in [0.1, 0.15) is 31.2 Å². The lowest BCUT2D eigenvalue weighted by Crippen LogP contribution is -2.50. The number of carbonyl (C=O) groups is 1. The van der Waals surface area contributed by atoms with Crippen LogP contribution in [0.4, 0.5) is 13.2 Å². The van der Waals surface area contributed by atoms with E-state index in [4.69, 9.17) is 0 Å². The van der Waals surface area contributed by atoms with Crippen LogP contribution in [-0.2, 0) is 21.0 Å². The molecule has 2 aliphatic heterocycles. The van der Waals surface area contributed by atoms with E-state index in [2.05, 4.69) is 15.4 Å². The zero-order chi connectivity index (χ0) is 18.9. The molecule has 0 aromatic heterocycles. The van der Waals surface area contributed by atoms with Gasteiger partial charge in [0.05, 0.1) is 17.0 Å². The van der Waals surface area contributed by atoms with Crippen LogP contribution < -0.4 is 15.4 Å². The molecule has 2 fully saturated rings. The largest absolute Gasteiger partial charge is 0.416 e. The number of carbonyl (C=O) groups excluding carboxylic acids is 1. The molecule has 0 radical (unpaired) electrons. The Kier molecular flexibility index (Phi) is 6.77. The van der Waals surface area contributed by atoms with Crippen LogP contribution in [0.15, 0.2) is 29.2 Å². The molecule has 11 heteroatoms. The highest BCUT2D eigenvalue weighted by Gasteiger charge is 2.34. The second kappa shape index (κ2) is 8.34. The fourth-order valence-electron chi connectivity index (χ4n) is 3.54. The molecular weight excluding hydrogens is 407 g/mol. The molecular formula is C16H21ClF3N3O3S. The van der Waals surface area contributed by atoms with Gasteiger partial charge < -0.3 is 10.6 Å². The van der Waals surface area contributed by atoms with Gasteiger partial charge in [-0.3, -0.25) is 4.79 Å². The van der Waals surface area contributed by atoms with Crippen molar-refractivity contribution in [1.29, 1.82) is 0 Å². The molecule has 2 atom stereocenters. The van der Waals surface area contributed by atoms with Crippen molar-refractivity contribution in [3.63, 3.8) is 0 Å². The van der Waals surface area contributed by atoms with Gasteiger partial charge in [0.15, 0.2) is 0 Å². The highest BCUT2D eigenvalue weighted by atomic mass is 35.5. The van der Waals surface area contributed by atoms with Crippen molar-refractivity contribution in [2.45, 2.75) is 54.9 Å². The second-order valence-electron chi connectivity index (χ2n) is 6.72. The highest BCUT2D eigenvalue weighted by Crippen LogP contribution is 2.30. The second-order valence-corrected chi connectivity index (χ2v) is 8.49. The normalized spacial score (nSPS) is 24.9. The lowest BCUT2D eigenvalue weighted by Gasteiger charge is -2.29. The molecule has 0 spiro atoms. The molecule has 2 saturated heterocycles. The molecule has 2 aliphatic rings. The van der Waals surface area contributed by atoms with Gasteiger partial charge in [-0.25, -0.2) is 13.1 Å². The third kappa shape index (κ3) is 5.56. The predicted molar refractivity (Wildman–Crippen MR) is 95.0 cm³/mol. The zero-order valence-corrected chi connectivity index (χ0v) is 15.9. The molecule has 27 heavy (non-hydrogen) atoms. The minimum Gasteiger partial charge on any atom is -0.352 e. The quantitative estimate of drug-likeness (QED) is 0.668. The SMILES string of the molecule is Cl.O=C(CNS(=O)(=O)c1cccc(C(F)(F)F)c1)NC1CC2CCC(C1)N2. The van der Waals surface area contributed by atoms with Crippen molar-refractivity contribution in [3.05, 3.63) is 29.8 Å². The standard InChI is InChI=1S/C16H20F3N3O3S.ClH/c17-16(18,19)10-2-1-3-14(6-10)26(24,25)20-9-15(23)22-13-7-11-4-5-12(8-13)21-11;/h1-3,6,11-13,20-21H,4-5,7-9H2,(H,22,23);1H. The summed E-state index contributed by atoms with van der Waals surface area (Å²) >= 11 is 0. The van der Waals surface area contributed by atoms with E-state index in [1.807, 2.05) is 0 Å². The smallest absolute Gasteiger partial charge is 0.352 e. The van der Waals surface area contributed by atoms with Gasteiger partial charge in [0.25, 0.3) is 0 Å². The highest BCUT2D eigenvalue weighted by molar-refractivity contribution is 7.89. The average Bonchev–Trinajstić information content (AvgIpc) is 2.91. The summed E-state index contributed by atoms with van der Waals surface area (Å²) in [5.74, 6) is -0.494. The molecule has 2 bridgehead atoms. The lowest BCUT2D eigenvalue weighted by molar-refractivity contribution is -0.137. The number of hydrogen-bond donors (Lipinski definition) is 3. The third-order valence-electron chi connectivity index (χ3n) is 4.73. The summed E-state index contributed by atoms with van der Waals surface area (Å²) in [5.41, 5.74) is -1.06. The molecule has 0 aliphatic carbocycles. The average molecular weight is 428 g/mol. The van der Waals surface area contributed by atoms with Crippen LogP contribution in [0.3, 0.4) is 0 Å². The maximum atomic E-state index is 12.7. The Morgan fingerprint density at radius 1 is 1.19 bits per heavy atom. The molecule has 152 valence electrons. The van der Waals surface area contributed by atoms with Crippen LogP contribution in [0.2, 0.25) is 0 Å². The Hall–Kier alpha value is -1.36. The summed E-state index contributed by atoms with van der Waals surface area (Å²) in [7, 11) is -4.21. The fraction of sp³-hybridized carbons (Fsp3) is 0.562. The summed E-state index contributed by atoms with van der Waals surface area (Å²) in [6.45, 7) is -0.516. The number of nitrogens with one attached hydrogen (secondary N) is 3. The van der Waals surface area contributed by atoms with Gasteiger partial charge in [-0.05, 0) is 43.9 Å². The Morgan fingerprint density at radius 3 is 2.41 bits per heavy atom. The van der Waals surface area contributed by atoms with Crippen molar-refractivity contribution in [2.24, 2.45) is 0 Å². The summed E-state index contributed by atoms with van der Waals surface area (Å²) in [4.78, 5) is 11.5. The number of hydrogen-bond acceptors (Lipinski definition) is 4. The molecule has 1 aromatic carbocycles. The monoisotopic (exact) mass is 427 g/mol. The van der Waals surface area contributed by atoms with Gasteiger partial charge in [-0.15, -0.1) is 12.4 Å². The Bertz CT molecular complexity index is 777. The van der Waals surface area contributed by atoms with E-state index in [9.17, 15) is 26.4 Å². The molecule has 1 amide bonds. The Labute approximate surface area is 161 Å². The minimum absolute atomic E-state index is 0. The van der Waals surface area contributed by atoms with E-state index < -0.39 is 39.1 Å². The number of sulfonamides is 1. The number of benzene rings is 1. The number of fused-ring (bicyclic) bond motifs is 2. The molecule has 0 saturated carbocycles. The summed E-state index contributed by atoms with van der Waals surface area (Å²) < 4.78 is 64.5. The van der Waals surface area contributed by atoms with E-state index >= 15 is 0 Å². The fourth-order valence-corrected chi connectivity index (χ4v) is 4.56. The molecule has 2 heterocycles. The molecule has 3 N–H and O–H groups in total. The van der Waals surface area contributed by atoms with Gasteiger partial charge in [-0.2, -0.15) is 13.2 Å². The topological polar surface area (TPSA) is 87.3 Å². The number of amides is 1. The lowest BCUT2D eigenvalue weighted by atomic mass is 10.00. The van der Waals surface area contributed by atoms with E-state index in [0.29, 0.717) is 18.2 Å². The first-order valence-corrected chi connectivity index (χ1v) is 9.84. The predicted octanol–water partition coefficient (Wildman–Crippen LogP) is 1.80. The summed E-state index contributed by atoms with van der Waals surface area (Å²) in [5, 5.41) is 6.23. The van der Waals surface area contributed by atoms with Crippen molar-refractivity contribution in [3.8, 4) is 0 Å².